The van der Waals surface area contributed by atoms with Crippen molar-refractivity contribution in [3.05, 3.63) is 133 Å². The molecule has 0 amide bonds. The first kappa shape index (κ1) is 34.5. The Balaban J connectivity index is 1.69. The van der Waals surface area contributed by atoms with Gasteiger partial charge in [0.05, 0.1) is 13.2 Å². The molecule has 232 valence electrons. The number of ether oxygens (including phenoxy) is 3. The van der Waals surface area contributed by atoms with E-state index in [-0.39, 0.29) is 6.10 Å². The van der Waals surface area contributed by atoms with Gasteiger partial charge in [0.15, 0.2) is 0 Å². The summed E-state index contributed by atoms with van der Waals surface area (Å²) < 4.78 is 19.8. The Morgan fingerprint density at radius 3 is 1.40 bits per heavy atom. The second kappa shape index (κ2) is 21.7. The molecule has 1 atom stereocenters. The summed E-state index contributed by atoms with van der Waals surface area (Å²) in [6.07, 6.45) is 18.1. The van der Waals surface area contributed by atoms with E-state index in [9.17, 15) is 0 Å². The standard InChI is InChI=1S/C40H54O3/c1-3-5-7-9-11-13-24-32-41-34-39(42-33-25-14-12-10-8-6-4-2)35-43-40(36-26-18-15-19-27-36,37-28-20-16-21-29-37)38-30-22-17-23-31-38/h3-4,15-23,26-31,39H,1-2,5-14,24-25,32-35H2. The van der Waals surface area contributed by atoms with Crippen LogP contribution in [0.5, 0.6) is 0 Å². The molecular weight excluding hydrogens is 528 g/mol. The van der Waals surface area contributed by atoms with Crippen molar-refractivity contribution < 1.29 is 14.2 Å². The van der Waals surface area contributed by atoms with Gasteiger partial charge in [-0.15, -0.1) is 13.2 Å². The summed E-state index contributed by atoms with van der Waals surface area (Å²) in [6, 6.07) is 31.6. The molecule has 0 bridgehead atoms. The Hall–Kier alpha value is -2.98. The third-order valence-electron chi connectivity index (χ3n) is 7.93. The van der Waals surface area contributed by atoms with Gasteiger partial charge in [0, 0.05) is 13.2 Å². The van der Waals surface area contributed by atoms with E-state index in [2.05, 4.69) is 104 Å². The zero-order valence-electron chi connectivity index (χ0n) is 26.3. The molecule has 3 nitrogen and oxygen atoms in total. The SMILES string of the molecule is C=CCCCCCCCOCC(COC(c1ccccc1)(c1ccccc1)c1ccccc1)OCCCCCCCC=C. The third-order valence-corrected chi connectivity index (χ3v) is 7.93. The highest BCUT2D eigenvalue weighted by molar-refractivity contribution is 5.47. The molecule has 0 spiro atoms. The molecule has 3 aromatic carbocycles. The predicted octanol–water partition coefficient (Wildman–Crippen LogP) is 10.5. The van der Waals surface area contributed by atoms with Crippen LogP contribution in [0.4, 0.5) is 0 Å². The largest absolute Gasteiger partial charge is 0.379 e. The van der Waals surface area contributed by atoms with E-state index in [0.717, 1.165) is 55.6 Å². The van der Waals surface area contributed by atoms with Crippen LogP contribution in [0.15, 0.2) is 116 Å². The molecule has 3 aromatic rings. The molecule has 3 heteroatoms. The summed E-state index contributed by atoms with van der Waals surface area (Å²) in [5.41, 5.74) is 2.54. The van der Waals surface area contributed by atoms with Crippen LogP contribution in [0.1, 0.15) is 93.7 Å². The molecule has 0 aromatic heterocycles. The van der Waals surface area contributed by atoms with Gasteiger partial charge >= 0.3 is 0 Å². The van der Waals surface area contributed by atoms with Crippen molar-refractivity contribution in [2.24, 2.45) is 0 Å². The van der Waals surface area contributed by atoms with E-state index >= 15 is 0 Å². The summed E-state index contributed by atoms with van der Waals surface area (Å²) in [7, 11) is 0. The minimum Gasteiger partial charge on any atom is -0.379 e. The number of allylic oxidation sites excluding steroid dienone is 2. The highest BCUT2D eigenvalue weighted by Gasteiger charge is 2.38. The summed E-state index contributed by atoms with van der Waals surface area (Å²) in [5.74, 6) is 0. The van der Waals surface area contributed by atoms with E-state index in [1.165, 1.54) is 51.4 Å². The molecular formula is C40H54O3. The van der Waals surface area contributed by atoms with Crippen LogP contribution in [0.3, 0.4) is 0 Å². The van der Waals surface area contributed by atoms with Gasteiger partial charge in [0.25, 0.3) is 0 Å². The van der Waals surface area contributed by atoms with Crippen molar-refractivity contribution in [3.8, 4) is 0 Å². The van der Waals surface area contributed by atoms with Gasteiger partial charge in [0.2, 0.25) is 0 Å². The lowest BCUT2D eigenvalue weighted by Crippen LogP contribution is -2.37. The van der Waals surface area contributed by atoms with E-state index in [0.29, 0.717) is 13.2 Å². The van der Waals surface area contributed by atoms with Crippen molar-refractivity contribution in [1.29, 1.82) is 0 Å². The monoisotopic (exact) mass is 582 g/mol. The fourth-order valence-electron chi connectivity index (χ4n) is 5.54. The van der Waals surface area contributed by atoms with Gasteiger partial charge < -0.3 is 14.2 Å². The Morgan fingerprint density at radius 2 is 0.930 bits per heavy atom. The van der Waals surface area contributed by atoms with Crippen molar-refractivity contribution in [2.75, 3.05) is 26.4 Å². The zero-order valence-corrected chi connectivity index (χ0v) is 26.3. The molecule has 0 radical (unpaired) electrons. The normalized spacial score (nSPS) is 12.2. The number of hydrogen-bond acceptors (Lipinski definition) is 3. The number of hydrogen-bond donors (Lipinski definition) is 0. The first-order valence-electron chi connectivity index (χ1n) is 16.5. The maximum Gasteiger partial charge on any atom is 0.143 e. The second-order valence-corrected chi connectivity index (χ2v) is 11.3. The van der Waals surface area contributed by atoms with Gasteiger partial charge in [0.1, 0.15) is 11.7 Å². The smallest absolute Gasteiger partial charge is 0.143 e. The summed E-state index contributed by atoms with van der Waals surface area (Å²) >= 11 is 0. The first-order valence-corrected chi connectivity index (χ1v) is 16.5. The fraction of sp³-hybridized carbons (Fsp3) is 0.450. The van der Waals surface area contributed by atoms with Gasteiger partial charge in [-0.1, -0.05) is 142 Å². The predicted molar refractivity (Wildman–Crippen MR) is 182 cm³/mol. The van der Waals surface area contributed by atoms with Crippen LogP contribution in [-0.2, 0) is 19.8 Å². The topological polar surface area (TPSA) is 27.7 Å². The summed E-state index contributed by atoms with van der Waals surface area (Å²) in [6.45, 7) is 10.1. The van der Waals surface area contributed by atoms with Crippen LogP contribution in [0.25, 0.3) is 0 Å². The van der Waals surface area contributed by atoms with Crippen LogP contribution in [-0.4, -0.2) is 32.5 Å². The van der Waals surface area contributed by atoms with E-state index in [1.54, 1.807) is 0 Å². The molecule has 0 N–H and O–H groups in total. The molecule has 0 aliphatic carbocycles. The molecule has 3 rings (SSSR count). The molecule has 0 heterocycles. The van der Waals surface area contributed by atoms with Crippen molar-refractivity contribution in [1.82, 2.24) is 0 Å². The van der Waals surface area contributed by atoms with Gasteiger partial charge in [-0.2, -0.15) is 0 Å². The van der Waals surface area contributed by atoms with E-state index in [1.807, 2.05) is 12.2 Å². The summed E-state index contributed by atoms with van der Waals surface area (Å²) in [5, 5.41) is 0. The number of rotatable bonds is 25. The molecule has 43 heavy (non-hydrogen) atoms. The average molecular weight is 583 g/mol. The highest BCUT2D eigenvalue weighted by Crippen LogP contribution is 2.40. The lowest BCUT2D eigenvalue weighted by Gasteiger charge is -2.37. The lowest BCUT2D eigenvalue weighted by molar-refractivity contribution is -0.0923. The van der Waals surface area contributed by atoms with Crippen LogP contribution >= 0.6 is 0 Å². The maximum absolute atomic E-state index is 7.08. The Kier molecular flexibility index (Phi) is 17.4. The molecule has 0 saturated heterocycles. The molecule has 0 aliphatic rings. The molecule has 0 fully saturated rings. The fourth-order valence-corrected chi connectivity index (χ4v) is 5.54. The Morgan fingerprint density at radius 1 is 0.512 bits per heavy atom. The van der Waals surface area contributed by atoms with Crippen molar-refractivity contribution >= 4 is 0 Å². The first-order chi connectivity index (χ1) is 21.3. The average Bonchev–Trinajstić information content (AvgIpc) is 3.06. The Labute approximate surface area is 262 Å². The highest BCUT2D eigenvalue weighted by atomic mass is 16.6. The molecule has 1 unspecified atom stereocenters. The van der Waals surface area contributed by atoms with Gasteiger partial charge in [-0.3, -0.25) is 0 Å². The van der Waals surface area contributed by atoms with Crippen LogP contribution in [0, 0.1) is 0 Å². The quantitative estimate of drug-likeness (QED) is 0.0565. The second-order valence-electron chi connectivity index (χ2n) is 11.3. The zero-order chi connectivity index (χ0) is 30.3. The third kappa shape index (κ3) is 12.3. The Bertz CT molecular complexity index is 1000. The number of unbranched alkanes of at least 4 members (excludes halogenated alkanes) is 10. The maximum atomic E-state index is 7.08. The molecule has 0 aliphatic heterocycles. The van der Waals surface area contributed by atoms with Gasteiger partial charge in [-0.05, 0) is 55.2 Å². The van der Waals surface area contributed by atoms with E-state index < -0.39 is 5.60 Å². The minimum absolute atomic E-state index is 0.149. The van der Waals surface area contributed by atoms with Crippen molar-refractivity contribution in [2.45, 2.75) is 88.8 Å². The van der Waals surface area contributed by atoms with Crippen molar-refractivity contribution in [3.63, 3.8) is 0 Å². The van der Waals surface area contributed by atoms with Crippen LogP contribution < -0.4 is 0 Å². The van der Waals surface area contributed by atoms with Crippen LogP contribution in [0.2, 0.25) is 0 Å². The van der Waals surface area contributed by atoms with Gasteiger partial charge in [-0.25, -0.2) is 0 Å². The summed E-state index contributed by atoms with van der Waals surface area (Å²) in [4.78, 5) is 0. The minimum atomic E-state index is -0.762. The molecule has 0 saturated carbocycles. The van der Waals surface area contributed by atoms with E-state index in [4.69, 9.17) is 14.2 Å². The lowest BCUT2D eigenvalue weighted by atomic mass is 9.80. The number of benzene rings is 3.